The first-order chi connectivity index (χ1) is 8.26. The van der Waals surface area contributed by atoms with Crippen LogP contribution in [0.25, 0.3) is 0 Å². The molecular formula is C13H18FNO2. The minimum atomic E-state index is -0.296. The van der Waals surface area contributed by atoms with Gasteiger partial charge in [-0.3, -0.25) is 0 Å². The highest BCUT2D eigenvalue weighted by Crippen LogP contribution is 2.16. The lowest BCUT2D eigenvalue weighted by atomic mass is 10.2. The number of hydrogen-bond acceptors (Lipinski definition) is 3. The first-order valence-corrected chi connectivity index (χ1v) is 5.49. The molecule has 0 spiro atoms. The molecule has 0 radical (unpaired) electrons. The van der Waals surface area contributed by atoms with Crippen molar-refractivity contribution in [3.05, 3.63) is 42.2 Å². The maximum Gasteiger partial charge on any atom is 0.127 e. The van der Waals surface area contributed by atoms with Gasteiger partial charge in [0.05, 0.1) is 6.61 Å². The van der Waals surface area contributed by atoms with Crippen LogP contribution in [0.4, 0.5) is 4.39 Å². The second-order valence-corrected chi connectivity index (χ2v) is 3.56. The summed E-state index contributed by atoms with van der Waals surface area (Å²) in [6, 6.07) is 4.66. The molecule has 0 aromatic heterocycles. The van der Waals surface area contributed by atoms with Crippen LogP contribution in [0.2, 0.25) is 0 Å². The van der Waals surface area contributed by atoms with E-state index in [4.69, 9.17) is 9.47 Å². The largest absolute Gasteiger partial charge is 0.489 e. The Hall–Kier alpha value is -1.39. The van der Waals surface area contributed by atoms with E-state index in [2.05, 4.69) is 11.9 Å². The zero-order valence-electron chi connectivity index (χ0n) is 10.0. The fraction of sp³-hybridized carbons (Fsp3) is 0.385. The smallest absolute Gasteiger partial charge is 0.127 e. The highest BCUT2D eigenvalue weighted by Gasteiger charge is 2.01. The van der Waals surface area contributed by atoms with Gasteiger partial charge in [-0.2, -0.15) is 0 Å². The average Bonchev–Trinajstić information content (AvgIpc) is 2.31. The third-order valence-electron chi connectivity index (χ3n) is 2.11. The highest BCUT2D eigenvalue weighted by atomic mass is 19.1. The van der Waals surface area contributed by atoms with Crippen molar-refractivity contribution in [2.45, 2.75) is 6.54 Å². The van der Waals surface area contributed by atoms with Crippen LogP contribution in [0, 0.1) is 5.82 Å². The van der Waals surface area contributed by atoms with E-state index in [-0.39, 0.29) is 5.82 Å². The molecule has 4 heteroatoms. The van der Waals surface area contributed by atoms with Crippen molar-refractivity contribution in [3.8, 4) is 5.75 Å². The summed E-state index contributed by atoms with van der Waals surface area (Å²) in [7, 11) is 1.64. The van der Waals surface area contributed by atoms with Gasteiger partial charge in [0.15, 0.2) is 0 Å². The quantitative estimate of drug-likeness (QED) is 0.557. The summed E-state index contributed by atoms with van der Waals surface area (Å²) in [5, 5.41) is 3.15. The third-order valence-corrected chi connectivity index (χ3v) is 2.11. The summed E-state index contributed by atoms with van der Waals surface area (Å²) >= 11 is 0. The molecule has 0 aliphatic heterocycles. The van der Waals surface area contributed by atoms with Gasteiger partial charge in [-0.05, 0) is 17.7 Å². The number of halogens is 1. The van der Waals surface area contributed by atoms with Gasteiger partial charge in [-0.25, -0.2) is 4.39 Å². The monoisotopic (exact) mass is 239 g/mol. The summed E-state index contributed by atoms with van der Waals surface area (Å²) < 4.78 is 23.5. The molecule has 0 aliphatic carbocycles. The summed E-state index contributed by atoms with van der Waals surface area (Å²) in [6.45, 7) is 5.88. The molecule has 3 nitrogen and oxygen atoms in total. The molecule has 1 aromatic rings. The lowest BCUT2D eigenvalue weighted by molar-refractivity contribution is 0.199. The Bertz CT molecular complexity index is 355. The van der Waals surface area contributed by atoms with Crippen molar-refractivity contribution in [3.63, 3.8) is 0 Å². The third kappa shape index (κ3) is 5.47. The highest BCUT2D eigenvalue weighted by molar-refractivity contribution is 5.29. The fourth-order valence-electron chi connectivity index (χ4n) is 1.37. The number of rotatable bonds is 8. The summed E-state index contributed by atoms with van der Waals surface area (Å²) in [5.74, 6) is 0.226. The topological polar surface area (TPSA) is 30.5 Å². The van der Waals surface area contributed by atoms with Gasteiger partial charge >= 0.3 is 0 Å². The van der Waals surface area contributed by atoms with Crippen LogP contribution in [0.5, 0.6) is 5.75 Å². The zero-order chi connectivity index (χ0) is 12.5. The van der Waals surface area contributed by atoms with E-state index in [0.29, 0.717) is 25.5 Å². The molecule has 0 unspecified atom stereocenters. The molecule has 1 N–H and O–H groups in total. The maximum absolute atomic E-state index is 13.3. The van der Waals surface area contributed by atoms with Crippen LogP contribution >= 0.6 is 0 Å². The van der Waals surface area contributed by atoms with Gasteiger partial charge in [0.2, 0.25) is 0 Å². The van der Waals surface area contributed by atoms with E-state index in [1.165, 1.54) is 12.1 Å². The van der Waals surface area contributed by atoms with Crippen molar-refractivity contribution < 1.29 is 13.9 Å². The van der Waals surface area contributed by atoms with E-state index in [0.717, 1.165) is 12.1 Å². The van der Waals surface area contributed by atoms with Crippen molar-refractivity contribution in [2.24, 2.45) is 0 Å². The molecule has 0 aliphatic rings. The standard InChI is InChI=1S/C13H18FNO2/c1-3-5-17-13-8-11(7-12(14)9-13)10-15-4-6-16-2/h3,7-9,15H,1,4-6,10H2,2H3. The Kier molecular flexibility index (Phi) is 6.29. The number of ether oxygens (including phenoxy) is 2. The Balaban J connectivity index is 2.52. The van der Waals surface area contributed by atoms with Crippen LogP contribution < -0.4 is 10.1 Å². The SMILES string of the molecule is C=CCOc1cc(F)cc(CNCCOC)c1. The van der Waals surface area contributed by atoms with Gasteiger partial charge < -0.3 is 14.8 Å². The summed E-state index contributed by atoms with van der Waals surface area (Å²) in [5.41, 5.74) is 0.847. The second kappa shape index (κ2) is 7.81. The molecule has 0 saturated heterocycles. The lowest BCUT2D eigenvalue weighted by Crippen LogP contribution is -2.18. The van der Waals surface area contributed by atoms with Crippen LogP contribution in [0.1, 0.15) is 5.56 Å². The molecule has 0 bridgehead atoms. The molecule has 0 amide bonds. The second-order valence-electron chi connectivity index (χ2n) is 3.56. The van der Waals surface area contributed by atoms with Crippen LogP contribution in [0.3, 0.4) is 0 Å². The summed E-state index contributed by atoms with van der Waals surface area (Å²) in [6.07, 6.45) is 1.63. The Morgan fingerprint density at radius 2 is 2.24 bits per heavy atom. The first kappa shape index (κ1) is 13.7. The first-order valence-electron chi connectivity index (χ1n) is 5.49. The summed E-state index contributed by atoms with van der Waals surface area (Å²) in [4.78, 5) is 0. The van der Waals surface area contributed by atoms with Crippen LogP contribution in [-0.2, 0) is 11.3 Å². The van der Waals surface area contributed by atoms with Gasteiger partial charge in [-0.1, -0.05) is 12.7 Å². The molecule has 0 fully saturated rings. The number of nitrogens with one attached hydrogen (secondary N) is 1. The van der Waals surface area contributed by atoms with E-state index in [1.807, 2.05) is 6.07 Å². The van der Waals surface area contributed by atoms with Crippen molar-refractivity contribution in [1.82, 2.24) is 5.32 Å². The average molecular weight is 239 g/mol. The molecule has 0 atom stereocenters. The fourth-order valence-corrected chi connectivity index (χ4v) is 1.37. The minimum Gasteiger partial charge on any atom is -0.489 e. The van der Waals surface area contributed by atoms with E-state index >= 15 is 0 Å². The molecule has 1 rings (SSSR count). The Labute approximate surface area is 101 Å². The molecule has 1 aromatic carbocycles. The minimum absolute atomic E-state index is 0.296. The molecular weight excluding hydrogens is 221 g/mol. The van der Waals surface area contributed by atoms with E-state index in [1.54, 1.807) is 13.2 Å². The van der Waals surface area contributed by atoms with E-state index in [9.17, 15) is 4.39 Å². The molecule has 94 valence electrons. The van der Waals surface area contributed by atoms with Crippen LogP contribution in [0.15, 0.2) is 30.9 Å². The number of benzene rings is 1. The Morgan fingerprint density at radius 3 is 2.94 bits per heavy atom. The van der Waals surface area contributed by atoms with E-state index < -0.39 is 0 Å². The van der Waals surface area contributed by atoms with Gasteiger partial charge in [-0.15, -0.1) is 0 Å². The Morgan fingerprint density at radius 1 is 1.41 bits per heavy atom. The molecule has 17 heavy (non-hydrogen) atoms. The normalized spacial score (nSPS) is 10.2. The van der Waals surface area contributed by atoms with Crippen molar-refractivity contribution in [1.29, 1.82) is 0 Å². The molecule has 0 saturated carbocycles. The maximum atomic E-state index is 13.3. The predicted octanol–water partition coefficient (Wildman–Crippen LogP) is 2.13. The zero-order valence-corrected chi connectivity index (χ0v) is 10.0. The number of hydrogen-bond donors (Lipinski definition) is 1. The van der Waals surface area contributed by atoms with Crippen LogP contribution in [-0.4, -0.2) is 26.9 Å². The number of methoxy groups -OCH3 is 1. The predicted molar refractivity (Wildman–Crippen MR) is 65.7 cm³/mol. The van der Waals surface area contributed by atoms with Crippen molar-refractivity contribution in [2.75, 3.05) is 26.9 Å². The van der Waals surface area contributed by atoms with Gasteiger partial charge in [0.25, 0.3) is 0 Å². The van der Waals surface area contributed by atoms with Gasteiger partial charge in [0.1, 0.15) is 18.2 Å². The van der Waals surface area contributed by atoms with Crippen molar-refractivity contribution >= 4 is 0 Å². The molecule has 0 heterocycles. The van der Waals surface area contributed by atoms with Gasteiger partial charge in [0, 0.05) is 26.3 Å². The lowest BCUT2D eigenvalue weighted by Gasteiger charge is -2.08.